The minimum Gasteiger partial charge on any atom is -0.490 e. The maximum absolute atomic E-state index is 6.20. The van der Waals surface area contributed by atoms with Gasteiger partial charge in [0, 0.05) is 36.7 Å². The number of rotatable bonds is 6. The highest BCUT2D eigenvalue weighted by atomic mass is 16.5. The van der Waals surface area contributed by atoms with Crippen LogP contribution in [0.4, 0.5) is 23.1 Å². The Morgan fingerprint density at radius 2 is 1.84 bits per heavy atom. The van der Waals surface area contributed by atoms with E-state index < -0.39 is 0 Å². The van der Waals surface area contributed by atoms with Crippen LogP contribution in [-0.2, 0) is 6.42 Å². The highest BCUT2D eigenvalue weighted by molar-refractivity contribution is 5.70. The molecule has 2 aliphatic rings. The van der Waals surface area contributed by atoms with Crippen molar-refractivity contribution in [1.82, 2.24) is 14.9 Å². The number of anilines is 4. The second-order valence-corrected chi connectivity index (χ2v) is 8.74. The first-order chi connectivity index (χ1) is 15.6. The average Bonchev–Trinajstić information content (AvgIpc) is 3.15. The third kappa shape index (κ3) is 4.92. The number of likely N-dealkylation sites (tertiary alicyclic amines) is 1. The normalized spacial score (nSPS) is 16.4. The van der Waals surface area contributed by atoms with E-state index in [1.54, 1.807) is 6.20 Å². The molecule has 0 amide bonds. The predicted octanol–water partition coefficient (Wildman–Crippen LogP) is 5.40. The Kier molecular flexibility index (Phi) is 5.77. The van der Waals surface area contributed by atoms with E-state index in [0.717, 1.165) is 55.3 Å². The number of nitrogens with zero attached hydrogens (tertiary/aromatic N) is 3. The molecule has 6 heteroatoms. The fourth-order valence-corrected chi connectivity index (χ4v) is 4.29. The summed E-state index contributed by atoms with van der Waals surface area (Å²) in [7, 11) is 2.16. The van der Waals surface area contributed by atoms with E-state index in [4.69, 9.17) is 4.74 Å². The van der Waals surface area contributed by atoms with Crippen molar-refractivity contribution in [3.05, 3.63) is 71.4 Å². The van der Waals surface area contributed by atoms with Gasteiger partial charge in [-0.05, 0) is 74.7 Å². The summed E-state index contributed by atoms with van der Waals surface area (Å²) < 4.78 is 6.20. The van der Waals surface area contributed by atoms with E-state index in [9.17, 15) is 0 Å². The molecule has 5 rings (SSSR count). The van der Waals surface area contributed by atoms with Crippen molar-refractivity contribution in [2.75, 3.05) is 30.8 Å². The first-order valence-electron chi connectivity index (χ1n) is 11.2. The number of aromatic nitrogens is 2. The van der Waals surface area contributed by atoms with Crippen LogP contribution in [0.5, 0.6) is 5.75 Å². The summed E-state index contributed by atoms with van der Waals surface area (Å²) in [5, 5.41) is 6.70. The standard InChI is InChI=1S/C26H29N5O/c1-18-14-19-6-7-22(16-20(19)15-18)28-25-8-11-27-26(30-25)29-21-4-3-5-24(17-21)32-23-9-12-31(2)13-10-23/h3-8,11,15-17,23H,9-10,12-14H2,1-2H3,(H2,27,28,29,30). The molecule has 2 N–H and O–H groups in total. The summed E-state index contributed by atoms with van der Waals surface area (Å²) in [5.74, 6) is 2.17. The van der Waals surface area contributed by atoms with Gasteiger partial charge in [-0.15, -0.1) is 0 Å². The number of hydrogen-bond acceptors (Lipinski definition) is 6. The maximum Gasteiger partial charge on any atom is 0.229 e. The van der Waals surface area contributed by atoms with Gasteiger partial charge < -0.3 is 20.3 Å². The lowest BCUT2D eigenvalue weighted by molar-refractivity contribution is 0.114. The summed E-state index contributed by atoms with van der Waals surface area (Å²) in [6, 6.07) is 16.3. The summed E-state index contributed by atoms with van der Waals surface area (Å²) in [6.07, 6.45) is 7.43. The molecular formula is C26H29N5O. The molecule has 2 heterocycles. The molecule has 0 bridgehead atoms. The Balaban J connectivity index is 1.25. The van der Waals surface area contributed by atoms with Gasteiger partial charge in [0.05, 0.1) is 0 Å². The largest absolute Gasteiger partial charge is 0.490 e. The van der Waals surface area contributed by atoms with Crippen molar-refractivity contribution in [3.63, 3.8) is 0 Å². The number of benzene rings is 2. The van der Waals surface area contributed by atoms with Gasteiger partial charge in [0.2, 0.25) is 5.95 Å². The van der Waals surface area contributed by atoms with Crippen LogP contribution in [-0.4, -0.2) is 41.1 Å². The highest BCUT2D eigenvalue weighted by Gasteiger charge is 2.18. The minimum absolute atomic E-state index is 0.274. The van der Waals surface area contributed by atoms with Gasteiger partial charge in [0.1, 0.15) is 17.7 Å². The molecule has 2 aromatic carbocycles. The molecule has 1 aromatic heterocycles. The Bertz CT molecular complexity index is 1130. The quantitative estimate of drug-likeness (QED) is 0.549. The van der Waals surface area contributed by atoms with Crippen LogP contribution in [0.15, 0.2) is 60.3 Å². The molecule has 164 valence electrons. The number of allylic oxidation sites excluding steroid dienone is 1. The molecule has 0 atom stereocenters. The number of hydrogen-bond donors (Lipinski definition) is 2. The molecule has 0 spiro atoms. The smallest absolute Gasteiger partial charge is 0.229 e. The third-order valence-electron chi connectivity index (χ3n) is 6.00. The maximum atomic E-state index is 6.20. The second kappa shape index (κ2) is 9.01. The molecule has 0 saturated carbocycles. The molecule has 1 aliphatic heterocycles. The van der Waals surface area contributed by atoms with Crippen molar-refractivity contribution in [2.24, 2.45) is 0 Å². The van der Waals surface area contributed by atoms with Crippen LogP contribution in [0.3, 0.4) is 0 Å². The van der Waals surface area contributed by atoms with Gasteiger partial charge >= 0.3 is 0 Å². The zero-order chi connectivity index (χ0) is 21.9. The molecule has 6 nitrogen and oxygen atoms in total. The van der Waals surface area contributed by atoms with E-state index in [0.29, 0.717) is 5.95 Å². The Morgan fingerprint density at radius 1 is 1.00 bits per heavy atom. The zero-order valence-corrected chi connectivity index (χ0v) is 18.6. The molecule has 0 radical (unpaired) electrons. The number of piperidine rings is 1. The van der Waals surface area contributed by atoms with Crippen LogP contribution in [0.1, 0.15) is 30.9 Å². The highest BCUT2D eigenvalue weighted by Crippen LogP contribution is 2.29. The van der Waals surface area contributed by atoms with Crippen molar-refractivity contribution >= 4 is 29.2 Å². The van der Waals surface area contributed by atoms with Crippen molar-refractivity contribution in [1.29, 1.82) is 0 Å². The van der Waals surface area contributed by atoms with Crippen LogP contribution >= 0.6 is 0 Å². The zero-order valence-electron chi connectivity index (χ0n) is 18.6. The van der Waals surface area contributed by atoms with Crippen LogP contribution < -0.4 is 15.4 Å². The topological polar surface area (TPSA) is 62.3 Å². The molecule has 32 heavy (non-hydrogen) atoms. The molecular weight excluding hydrogens is 398 g/mol. The molecule has 3 aromatic rings. The number of ether oxygens (including phenoxy) is 1. The number of nitrogens with one attached hydrogen (secondary N) is 2. The molecule has 0 unspecified atom stereocenters. The monoisotopic (exact) mass is 427 g/mol. The van der Waals surface area contributed by atoms with Gasteiger partial charge in [0.15, 0.2) is 0 Å². The lowest BCUT2D eigenvalue weighted by atomic mass is 10.1. The fraction of sp³-hybridized carbons (Fsp3) is 0.308. The molecule has 1 saturated heterocycles. The Morgan fingerprint density at radius 3 is 2.72 bits per heavy atom. The van der Waals surface area contributed by atoms with E-state index in [1.807, 2.05) is 30.3 Å². The third-order valence-corrected chi connectivity index (χ3v) is 6.00. The first kappa shape index (κ1) is 20.5. The number of fused-ring (bicyclic) bond motifs is 1. The summed E-state index contributed by atoms with van der Waals surface area (Å²) in [6.45, 7) is 4.33. The van der Waals surface area contributed by atoms with Gasteiger partial charge in [0.25, 0.3) is 0 Å². The van der Waals surface area contributed by atoms with Gasteiger partial charge in [-0.25, -0.2) is 4.98 Å². The van der Waals surface area contributed by atoms with Crippen molar-refractivity contribution < 1.29 is 4.74 Å². The average molecular weight is 428 g/mol. The van der Waals surface area contributed by atoms with Gasteiger partial charge in [-0.1, -0.05) is 23.8 Å². The van der Waals surface area contributed by atoms with E-state index in [1.165, 1.54) is 16.7 Å². The minimum atomic E-state index is 0.274. The van der Waals surface area contributed by atoms with Crippen molar-refractivity contribution in [3.8, 4) is 5.75 Å². The van der Waals surface area contributed by atoms with Crippen LogP contribution in [0.25, 0.3) is 6.08 Å². The lowest BCUT2D eigenvalue weighted by Gasteiger charge is -2.29. The van der Waals surface area contributed by atoms with Crippen molar-refractivity contribution in [2.45, 2.75) is 32.3 Å². The van der Waals surface area contributed by atoms with E-state index in [-0.39, 0.29) is 6.10 Å². The Labute approximate surface area is 189 Å². The fourth-order valence-electron chi connectivity index (χ4n) is 4.29. The summed E-state index contributed by atoms with van der Waals surface area (Å²) in [4.78, 5) is 11.4. The first-order valence-corrected chi connectivity index (χ1v) is 11.2. The SMILES string of the molecule is CC1=Cc2cc(Nc3ccnc(Nc4cccc(OC5CCN(C)CC5)c4)n3)ccc2C1. The lowest BCUT2D eigenvalue weighted by Crippen LogP contribution is -2.35. The second-order valence-electron chi connectivity index (χ2n) is 8.74. The van der Waals surface area contributed by atoms with E-state index >= 15 is 0 Å². The Hall–Kier alpha value is -3.38. The summed E-state index contributed by atoms with van der Waals surface area (Å²) in [5.41, 5.74) is 5.98. The molecule has 1 fully saturated rings. The van der Waals surface area contributed by atoms with Crippen LogP contribution in [0, 0.1) is 0 Å². The van der Waals surface area contributed by atoms with Crippen LogP contribution in [0.2, 0.25) is 0 Å². The summed E-state index contributed by atoms with van der Waals surface area (Å²) >= 11 is 0. The van der Waals surface area contributed by atoms with Gasteiger partial charge in [-0.3, -0.25) is 0 Å². The van der Waals surface area contributed by atoms with E-state index in [2.05, 4.69) is 63.7 Å². The molecule has 1 aliphatic carbocycles. The predicted molar refractivity (Wildman–Crippen MR) is 130 cm³/mol. The van der Waals surface area contributed by atoms with Gasteiger partial charge in [-0.2, -0.15) is 4.98 Å².